The molecule has 4 heteroatoms. The Morgan fingerprint density at radius 2 is 2.40 bits per heavy atom. The number of carbonyl (C=O) groups excluding carboxylic acids is 1. The molecule has 0 aromatic heterocycles. The minimum absolute atomic E-state index is 0.0890. The van der Waals surface area contributed by atoms with Gasteiger partial charge >= 0.3 is 0 Å². The summed E-state index contributed by atoms with van der Waals surface area (Å²) in [7, 11) is 1.55. The zero-order valence-corrected chi connectivity index (χ0v) is 8.69. The van der Waals surface area contributed by atoms with E-state index in [2.05, 4.69) is 0 Å². The van der Waals surface area contributed by atoms with Crippen LogP contribution >= 0.6 is 0 Å². The number of carbonyl (C=O) groups is 1. The molecular formula is C11H14N2O2. The number of amides is 1. The molecule has 1 aromatic rings. The van der Waals surface area contributed by atoms with E-state index in [1.165, 1.54) is 5.56 Å². The van der Waals surface area contributed by atoms with Crippen LogP contribution in [0.15, 0.2) is 18.2 Å². The zero-order chi connectivity index (χ0) is 10.8. The Hall–Kier alpha value is -1.55. The summed E-state index contributed by atoms with van der Waals surface area (Å²) >= 11 is 0. The molecule has 0 bridgehead atoms. The van der Waals surface area contributed by atoms with Gasteiger partial charge in [0.1, 0.15) is 5.75 Å². The van der Waals surface area contributed by atoms with Gasteiger partial charge in [-0.2, -0.15) is 0 Å². The molecule has 0 saturated carbocycles. The molecule has 1 aliphatic heterocycles. The molecule has 0 fully saturated rings. The van der Waals surface area contributed by atoms with Gasteiger partial charge in [0.2, 0.25) is 5.91 Å². The van der Waals surface area contributed by atoms with Crippen molar-refractivity contribution in [2.24, 2.45) is 5.84 Å². The maximum absolute atomic E-state index is 11.4. The predicted molar refractivity (Wildman–Crippen MR) is 56.3 cm³/mol. The predicted octanol–water partition coefficient (Wildman–Crippen LogP) is 0.496. The Morgan fingerprint density at radius 1 is 1.60 bits per heavy atom. The molecule has 0 atom stereocenters. The minimum Gasteiger partial charge on any atom is -0.493 e. The molecule has 0 aliphatic carbocycles. The number of ether oxygens (including phenoxy) is 1. The average molecular weight is 206 g/mol. The number of hydrogen-bond donors (Lipinski definition) is 1. The molecule has 1 heterocycles. The van der Waals surface area contributed by atoms with Crippen molar-refractivity contribution < 1.29 is 9.53 Å². The maximum Gasteiger partial charge on any atom is 0.240 e. The number of hydrazine groups is 1. The van der Waals surface area contributed by atoms with Gasteiger partial charge in [-0.15, -0.1) is 0 Å². The summed E-state index contributed by atoms with van der Waals surface area (Å²) in [5.41, 5.74) is 2.17. The Morgan fingerprint density at radius 3 is 3.13 bits per heavy atom. The third kappa shape index (κ3) is 2.10. The lowest BCUT2D eigenvalue weighted by Gasteiger charge is -2.10. The Kier molecular flexibility index (Phi) is 2.60. The molecule has 0 spiro atoms. The first-order valence-electron chi connectivity index (χ1n) is 4.92. The van der Waals surface area contributed by atoms with E-state index < -0.39 is 0 Å². The van der Waals surface area contributed by atoms with Crippen LogP contribution in [-0.2, 0) is 17.6 Å². The van der Waals surface area contributed by atoms with E-state index in [1.54, 1.807) is 7.05 Å². The summed E-state index contributed by atoms with van der Waals surface area (Å²) in [6, 6.07) is 5.84. The topological polar surface area (TPSA) is 55.6 Å². The normalized spacial score (nSPS) is 13.2. The fraction of sp³-hybridized carbons (Fsp3) is 0.364. The molecule has 4 nitrogen and oxygen atoms in total. The van der Waals surface area contributed by atoms with Gasteiger partial charge in [-0.3, -0.25) is 9.80 Å². The number of nitrogens with two attached hydrogens (primary N) is 1. The summed E-state index contributed by atoms with van der Waals surface area (Å²) in [4.78, 5) is 11.4. The van der Waals surface area contributed by atoms with Crippen LogP contribution in [0.5, 0.6) is 5.75 Å². The first-order chi connectivity index (χ1) is 7.16. The van der Waals surface area contributed by atoms with Gasteiger partial charge in [-0.05, 0) is 17.2 Å². The second-order valence-electron chi connectivity index (χ2n) is 3.72. The maximum atomic E-state index is 11.4. The van der Waals surface area contributed by atoms with E-state index in [0.717, 1.165) is 29.3 Å². The first-order valence-corrected chi connectivity index (χ1v) is 4.92. The van der Waals surface area contributed by atoms with E-state index in [4.69, 9.17) is 10.6 Å². The van der Waals surface area contributed by atoms with Crippen molar-refractivity contribution in [2.75, 3.05) is 13.7 Å². The summed E-state index contributed by atoms with van der Waals surface area (Å²) in [5.74, 6) is 6.20. The molecule has 2 rings (SSSR count). The lowest BCUT2D eigenvalue weighted by Crippen LogP contribution is -2.34. The molecule has 1 aliphatic rings. The molecule has 80 valence electrons. The van der Waals surface area contributed by atoms with Crippen molar-refractivity contribution >= 4 is 5.91 Å². The van der Waals surface area contributed by atoms with E-state index in [0.29, 0.717) is 6.42 Å². The number of benzene rings is 1. The zero-order valence-electron chi connectivity index (χ0n) is 8.69. The van der Waals surface area contributed by atoms with Gasteiger partial charge in [-0.25, -0.2) is 5.84 Å². The van der Waals surface area contributed by atoms with Crippen LogP contribution in [0.2, 0.25) is 0 Å². The van der Waals surface area contributed by atoms with Crippen LogP contribution in [0.1, 0.15) is 11.1 Å². The average Bonchev–Trinajstić information content (AvgIpc) is 2.64. The van der Waals surface area contributed by atoms with Crippen molar-refractivity contribution in [3.63, 3.8) is 0 Å². The van der Waals surface area contributed by atoms with Gasteiger partial charge in [0.15, 0.2) is 0 Å². The van der Waals surface area contributed by atoms with Crippen LogP contribution in [0.3, 0.4) is 0 Å². The van der Waals surface area contributed by atoms with Crippen molar-refractivity contribution in [3.05, 3.63) is 29.3 Å². The van der Waals surface area contributed by atoms with Crippen molar-refractivity contribution in [3.8, 4) is 5.75 Å². The molecular weight excluding hydrogens is 192 g/mol. The largest absolute Gasteiger partial charge is 0.493 e. The van der Waals surface area contributed by atoms with E-state index >= 15 is 0 Å². The van der Waals surface area contributed by atoms with Gasteiger partial charge in [0, 0.05) is 13.5 Å². The molecule has 15 heavy (non-hydrogen) atoms. The molecule has 0 radical (unpaired) electrons. The fourth-order valence-electron chi connectivity index (χ4n) is 1.65. The summed E-state index contributed by atoms with van der Waals surface area (Å²) in [5, 5.41) is 1.11. The third-order valence-electron chi connectivity index (χ3n) is 2.50. The van der Waals surface area contributed by atoms with E-state index in [9.17, 15) is 4.79 Å². The molecule has 1 amide bonds. The lowest BCUT2D eigenvalue weighted by atomic mass is 10.1. The number of nitrogens with zero attached hydrogens (tertiary/aromatic N) is 1. The minimum atomic E-state index is -0.0890. The first kappa shape index (κ1) is 9.98. The standard InChI is InChI=1S/C11H14N2O2/c1-13(12)11(14)7-8-2-3-10-9(6-8)4-5-15-10/h2-3,6H,4-5,7,12H2,1H3. The Bertz CT molecular complexity index is 388. The number of likely N-dealkylation sites (N-methyl/N-ethyl adjacent to an activating group) is 1. The third-order valence-corrected chi connectivity index (χ3v) is 2.50. The Labute approximate surface area is 88.6 Å². The van der Waals surface area contributed by atoms with Gasteiger partial charge in [0.05, 0.1) is 13.0 Å². The Balaban J connectivity index is 2.13. The fourth-order valence-corrected chi connectivity index (χ4v) is 1.65. The van der Waals surface area contributed by atoms with Crippen LogP contribution in [-0.4, -0.2) is 24.6 Å². The summed E-state index contributed by atoms with van der Waals surface area (Å²) in [6.45, 7) is 0.740. The molecule has 1 aromatic carbocycles. The van der Waals surface area contributed by atoms with Crippen molar-refractivity contribution in [1.82, 2.24) is 5.01 Å². The smallest absolute Gasteiger partial charge is 0.240 e. The van der Waals surface area contributed by atoms with Crippen molar-refractivity contribution in [1.29, 1.82) is 0 Å². The van der Waals surface area contributed by atoms with Gasteiger partial charge < -0.3 is 4.74 Å². The monoisotopic (exact) mass is 206 g/mol. The highest BCUT2D eigenvalue weighted by Gasteiger charge is 2.13. The quantitative estimate of drug-likeness (QED) is 0.435. The van der Waals surface area contributed by atoms with Crippen LogP contribution in [0.25, 0.3) is 0 Å². The molecule has 0 unspecified atom stereocenters. The van der Waals surface area contributed by atoms with Crippen LogP contribution in [0, 0.1) is 0 Å². The summed E-state index contributed by atoms with van der Waals surface area (Å²) < 4.78 is 5.39. The van der Waals surface area contributed by atoms with Gasteiger partial charge in [0.25, 0.3) is 0 Å². The number of rotatable bonds is 2. The lowest BCUT2D eigenvalue weighted by molar-refractivity contribution is -0.129. The second kappa shape index (κ2) is 3.90. The van der Waals surface area contributed by atoms with E-state index in [-0.39, 0.29) is 5.91 Å². The van der Waals surface area contributed by atoms with Crippen LogP contribution < -0.4 is 10.6 Å². The van der Waals surface area contributed by atoms with Crippen molar-refractivity contribution in [2.45, 2.75) is 12.8 Å². The highest BCUT2D eigenvalue weighted by atomic mass is 16.5. The molecule has 2 N–H and O–H groups in total. The highest BCUT2D eigenvalue weighted by molar-refractivity contribution is 5.78. The highest BCUT2D eigenvalue weighted by Crippen LogP contribution is 2.25. The summed E-state index contributed by atoms with van der Waals surface area (Å²) in [6.07, 6.45) is 1.27. The number of hydrogen-bond acceptors (Lipinski definition) is 3. The van der Waals surface area contributed by atoms with E-state index in [1.807, 2.05) is 18.2 Å². The van der Waals surface area contributed by atoms with Gasteiger partial charge in [-0.1, -0.05) is 12.1 Å². The molecule has 0 saturated heterocycles. The van der Waals surface area contributed by atoms with Crippen LogP contribution in [0.4, 0.5) is 0 Å². The second-order valence-corrected chi connectivity index (χ2v) is 3.72. The SMILES string of the molecule is CN(N)C(=O)Cc1ccc2c(c1)CCO2. The number of fused-ring (bicyclic) bond motifs is 1.